The molecule has 0 saturated carbocycles. The predicted molar refractivity (Wildman–Crippen MR) is 208 cm³/mol. The first-order chi connectivity index (χ1) is 22.9. The second kappa shape index (κ2) is 10.8. The van der Waals surface area contributed by atoms with Gasteiger partial charge in [-0.1, -0.05) is 0 Å². The summed E-state index contributed by atoms with van der Waals surface area (Å²) in [4.78, 5) is 0. The summed E-state index contributed by atoms with van der Waals surface area (Å²) in [6, 6.07) is 44.7. The van der Waals surface area contributed by atoms with Crippen LogP contribution < -0.4 is 9.81 Å². The molecule has 6 aromatic carbocycles. The van der Waals surface area contributed by atoms with Crippen LogP contribution in [0.5, 0.6) is 0 Å². The Hall–Kier alpha value is -3.93. The van der Waals surface area contributed by atoms with Gasteiger partial charge < -0.3 is 0 Å². The van der Waals surface area contributed by atoms with Gasteiger partial charge >= 0.3 is 289 Å². The van der Waals surface area contributed by atoms with Gasteiger partial charge in [0.1, 0.15) is 0 Å². The molecule has 48 heavy (non-hydrogen) atoms. The van der Waals surface area contributed by atoms with Crippen molar-refractivity contribution >= 4 is 35.6 Å². The maximum atomic E-state index is 5.83. The van der Waals surface area contributed by atoms with E-state index in [0.717, 1.165) is 12.8 Å². The molecule has 2 aliphatic carbocycles. The molecule has 0 bridgehead atoms. The summed E-state index contributed by atoms with van der Waals surface area (Å²) >= 11 is -4.97. The first-order valence-electron chi connectivity index (χ1n) is 17.6. The third-order valence-corrected chi connectivity index (χ3v) is 27.8. The Kier molecular flexibility index (Phi) is 7.04. The Labute approximate surface area is 287 Å². The molecule has 0 N–H and O–H groups in total. The predicted octanol–water partition coefficient (Wildman–Crippen LogP) is 10.4. The standard InChI is InChI=1S/C21H25.2C10H7.C5H5.CH2.Zr/c1-20(2,3)16-9-7-14-11-15-8-10-17(21(4,5)6)13-19(15)18(14)12-16;2*1-2-6-10-8-4-3-7-9(10)5-1;1-2-4-5-3-1;;/h7,9-10,12-13H,11H2,1-6H3;2*1-3,5-8H;1-3H,4H2;1H2;. The number of allylic oxidation sites excluding steroid dienone is 4. The normalized spacial score (nSPS) is 14.8. The van der Waals surface area contributed by atoms with E-state index in [1.165, 1.54) is 68.0 Å². The molecule has 0 unspecified atom stereocenters. The molecule has 0 heterocycles. The molecule has 0 nitrogen and oxygen atoms in total. The molecule has 0 amide bonds. The van der Waals surface area contributed by atoms with Crippen molar-refractivity contribution in [2.45, 2.75) is 65.2 Å². The summed E-state index contributed by atoms with van der Waals surface area (Å²) in [6.07, 6.45) is 8.96. The second-order valence-corrected chi connectivity index (χ2v) is 29.4. The fourth-order valence-electron chi connectivity index (χ4n) is 8.61. The van der Waals surface area contributed by atoms with E-state index in [4.69, 9.17) is 4.21 Å². The molecule has 1 heteroatoms. The second-order valence-electron chi connectivity index (χ2n) is 16.5. The first-order valence-corrected chi connectivity index (χ1v) is 24.2. The van der Waals surface area contributed by atoms with Gasteiger partial charge in [0.25, 0.3) is 0 Å². The number of benzene rings is 6. The topological polar surface area (TPSA) is 0 Å². The van der Waals surface area contributed by atoms with Crippen molar-refractivity contribution in [3.63, 3.8) is 0 Å². The van der Waals surface area contributed by atoms with E-state index in [-0.39, 0.29) is 10.8 Å². The van der Waals surface area contributed by atoms with E-state index in [1.54, 1.807) is 0 Å². The molecule has 0 aliphatic heterocycles. The van der Waals surface area contributed by atoms with Crippen LogP contribution in [0.4, 0.5) is 0 Å². The average molecular weight is 702 g/mol. The van der Waals surface area contributed by atoms with Crippen molar-refractivity contribution in [2.75, 3.05) is 0 Å². The molecule has 0 fully saturated rings. The third kappa shape index (κ3) is 4.61. The molecule has 0 saturated heterocycles. The molecule has 0 spiro atoms. The Morgan fingerprint density at radius 3 is 1.67 bits per heavy atom. The Bertz CT molecular complexity index is 2330. The van der Waals surface area contributed by atoms with Gasteiger partial charge in [-0.25, -0.2) is 0 Å². The Morgan fingerprint density at radius 1 is 0.562 bits per heavy atom. The molecular formula is C47H46Zr. The van der Waals surface area contributed by atoms with Crippen molar-refractivity contribution < 1.29 is 18.3 Å². The molecular weight excluding hydrogens is 656 g/mol. The zero-order valence-electron chi connectivity index (χ0n) is 29.3. The summed E-state index contributed by atoms with van der Waals surface area (Å²) < 4.78 is 11.7. The van der Waals surface area contributed by atoms with Crippen LogP contribution in [0.25, 0.3) is 32.7 Å². The molecule has 6 aromatic rings. The van der Waals surface area contributed by atoms with Gasteiger partial charge in [-0.2, -0.15) is 0 Å². The van der Waals surface area contributed by atoms with Crippen LogP contribution in [0.3, 0.4) is 0 Å². The van der Waals surface area contributed by atoms with Crippen molar-refractivity contribution in [3.8, 4) is 11.1 Å². The van der Waals surface area contributed by atoms with E-state index >= 15 is 0 Å². The van der Waals surface area contributed by atoms with Crippen molar-refractivity contribution in [1.29, 1.82) is 0 Å². The fourth-order valence-corrected chi connectivity index (χ4v) is 24.1. The van der Waals surface area contributed by atoms with Crippen LogP contribution in [-0.2, 0) is 35.5 Å². The van der Waals surface area contributed by atoms with Crippen LogP contribution in [0.1, 0.15) is 70.2 Å². The molecule has 0 radical (unpaired) electrons. The van der Waals surface area contributed by atoms with Gasteiger partial charge in [-0.3, -0.25) is 0 Å². The van der Waals surface area contributed by atoms with E-state index in [1.807, 2.05) is 0 Å². The number of hydrogen-bond acceptors (Lipinski definition) is 0. The molecule has 2 aliphatic rings. The number of rotatable bonds is 4. The van der Waals surface area contributed by atoms with Crippen molar-refractivity contribution in [3.05, 3.63) is 159 Å². The zero-order valence-corrected chi connectivity index (χ0v) is 31.8. The van der Waals surface area contributed by atoms with E-state index < -0.39 is 18.3 Å². The minimum absolute atomic E-state index is 0.0306. The first kappa shape index (κ1) is 31.3. The Balaban J connectivity index is 1.57. The molecule has 238 valence electrons. The van der Waals surface area contributed by atoms with Crippen molar-refractivity contribution in [2.24, 2.45) is 0 Å². The van der Waals surface area contributed by atoms with Gasteiger partial charge in [-0.05, 0) is 0 Å². The quantitative estimate of drug-likeness (QED) is 0.171. The van der Waals surface area contributed by atoms with Gasteiger partial charge in [0.15, 0.2) is 0 Å². The van der Waals surface area contributed by atoms with Gasteiger partial charge in [0, 0.05) is 0 Å². The third-order valence-electron chi connectivity index (χ3n) is 11.6. The van der Waals surface area contributed by atoms with Gasteiger partial charge in [-0.15, -0.1) is 0 Å². The summed E-state index contributed by atoms with van der Waals surface area (Å²) in [5.41, 5.74) is 8.57. The van der Waals surface area contributed by atoms with E-state index in [0.29, 0.717) is 0 Å². The zero-order chi connectivity index (χ0) is 33.5. The average Bonchev–Trinajstić information content (AvgIpc) is 3.75. The maximum absolute atomic E-state index is 5.83. The molecule has 0 atom stereocenters. The van der Waals surface area contributed by atoms with Gasteiger partial charge in [0.2, 0.25) is 0 Å². The van der Waals surface area contributed by atoms with Gasteiger partial charge in [0.05, 0.1) is 0 Å². The number of hydrogen-bond donors (Lipinski definition) is 0. The van der Waals surface area contributed by atoms with E-state index in [2.05, 4.69) is 175 Å². The van der Waals surface area contributed by atoms with Crippen molar-refractivity contribution in [1.82, 2.24) is 0 Å². The summed E-state index contributed by atoms with van der Waals surface area (Å²) in [7, 11) is 0. The van der Waals surface area contributed by atoms with Crippen LogP contribution in [0.15, 0.2) is 137 Å². The van der Waals surface area contributed by atoms with Crippen LogP contribution in [-0.4, -0.2) is 4.21 Å². The van der Waals surface area contributed by atoms with Crippen LogP contribution in [0.2, 0.25) is 0 Å². The summed E-state index contributed by atoms with van der Waals surface area (Å²) in [6.45, 7) is 14.1. The summed E-state index contributed by atoms with van der Waals surface area (Å²) in [5, 5.41) is 5.12. The summed E-state index contributed by atoms with van der Waals surface area (Å²) in [5.74, 6) is 0. The van der Waals surface area contributed by atoms with Crippen LogP contribution in [0, 0.1) is 0 Å². The molecule has 8 rings (SSSR count). The minimum atomic E-state index is -4.97. The van der Waals surface area contributed by atoms with E-state index in [9.17, 15) is 0 Å². The fraction of sp³-hybridized carbons (Fsp3) is 0.213. The van der Waals surface area contributed by atoms with Crippen LogP contribution >= 0.6 is 0 Å². The SMILES string of the molecule is [CH2]=[Zr]([C]1=CC=CC1)([c]1ccc2ccccc2c1)([c]1ccc2ccccc2c1)[c]1cc(C(C)(C)C)cc2c1Cc1ccc(C(C)(C)C)cc1-2. The Morgan fingerprint density at radius 2 is 1.12 bits per heavy atom. The monoisotopic (exact) mass is 700 g/mol. The molecule has 0 aromatic heterocycles. The number of fused-ring (bicyclic) bond motifs is 5.